The number of carboxylic acids is 1. The Kier molecular flexibility index (Phi) is 8.66. The summed E-state index contributed by atoms with van der Waals surface area (Å²) < 4.78 is 0.999. The van der Waals surface area contributed by atoms with Gasteiger partial charge in [-0.25, -0.2) is 14.8 Å². The van der Waals surface area contributed by atoms with Crippen LogP contribution in [0.15, 0.2) is 72.8 Å². The zero-order valence-corrected chi connectivity index (χ0v) is 28.8. The number of rotatable bonds is 7. The SMILES string of the molecule is Cc1c(-c2ccc(N3CCc4cccc(C(=O)Nc5nc6ccccc6s5)c4C3)nc2C(=O)O)cccc1N(C)C(=O)C1(C)CCCCC1. The van der Waals surface area contributed by atoms with Gasteiger partial charge in [0, 0.05) is 42.4 Å². The summed E-state index contributed by atoms with van der Waals surface area (Å²) in [4.78, 5) is 52.9. The second kappa shape index (κ2) is 13.1. The molecule has 5 aromatic rings. The molecule has 7 rings (SSSR count). The first-order valence-corrected chi connectivity index (χ1v) is 17.6. The van der Waals surface area contributed by atoms with Crippen LogP contribution in [0.5, 0.6) is 0 Å². The van der Waals surface area contributed by atoms with E-state index in [1.165, 1.54) is 11.3 Å². The van der Waals surface area contributed by atoms with E-state index >= 15 is 0 Å². The average molecular weight is 674 g/mol. The molecule has 9 nitrogen and oxygen atoms in total. The fourth-order valence-corrected chi connectivity index (χ4v) is 8.28. The minimum Gasteiger partial charge on any atom is -0.476 e. The molecule has 1 aliphatic heterocycles. The van der Waals surface area contributed by atoms with E-state index < -0.39 is 11.4 Å². The predicted molar refractivity (Wildman–Crippen MR) is 195 cm³/mol. The second-order valence-corrected chi connectivity index (χ2v) is 14.4. The first kappa shape index (κ1) is 32.5. The third kappa shape index (κ3) is 6.17. The lowest BCUT2D eigenvalue weighted by Gasteiger charge is -2.36. The highest BCUT2D eigenvalue weighted by Gasteiger charge is 2.37. The molecule has 10 heteroatoms. The van der Waals surface area contributed by atoms with Crippen LogP contribution in [0.1, 0.15) is 76.6 Å². The summed E-state index contributed by atoms with van der Waals surface area (Å²) >= 11 is 1.43. The lowest BCUT2D eigenvalue weighted by atomic mass is 9.74. The molecule has 2 N–H and O–H groups in total. The summed E-state index contributed by atoms with van der Waals surface area (Å²) in [6.07, 6.45) is 5.70. The number of carbonyl (C=O) groups excluding carboxylic acids is 2. The zero-order chi connectivity index (χ0) is 34.3. The third-order valence-electron chi connectivity index (χ3n) is 10.2. The molecule has 1 fully saturated rings. The van der Waals surface area contributed by atoms with Crippen LogP contribution in [0.25, 0.3) is 21.3 Å². The highest BCUT2D eigenvalue weighted by molar-refractivity contribution is 7.22. The zero-order valence-electron chi connectivity index (χ0n) is 28.0. The van der Waals surface area contributed by atoms with Gasteiger partial charge < -0.3 is 14.9 Å². The Hall–Kier alpha value is -5.09. The number of nitrogens with zero attached hydrogens (tertiary/aromatic N) is 4. The van der Waals surface area contributed by atoms with E-state index in [9.17, 15) is 19.5 Å². The molecule has 3 aromatic carbocycles. The number of amides is 2. The summed E-state index contributed by atoms with van der Waals surface area (Å²) in [6.45, 7) is 5.03. The maximum atomic E-state index is 13.7. The lowest BCUT2D eigenvalue weighted by Crippen LogP contribution is -2.41. The molecule has 0 spiro atoms. The number of anilines is 3. The second-order valence-electron chi connectivity index (χ2n) is 13.4. The van der Waals surface area contributed by atoms with Gasteiger partial charge in [0.15, 0.2) is 10.8 Å². The summed E-state index contributed by atoms with van der Waals surface area (Å²) in [7, 11) is 1.81. The Morgan fingerprint density at radius 3 is 2.47 bits per heavy atom. The molecule has 1 saturated carbocycles. The molecule has 2 amide bonds. The van der Waals surface area contributed by atoms with E-state index in [1.54, 1.807) is 4.90 Å². The van der Waals surface area contributed by atoms with E-state index in [4.69, 9.17) is 0 Å². The number of benzene rings is 3. The molecule has 0 atom stereocenters. The number of hydrogen-bond acceptors (Lipinski definition) is 7. The minimum atomic E-state index is -1.13. The van der Waals surface area contributed by atoms with Crippen LogP contribution in [0.2, 0.25) is 0 Å². The van der Waals surface area contributed by atoms with Crippen LogP contribution >= 0.6 is 11.3 Å². The molecular weight excluding hydrogens is 635 g/mol. The molecule has 250 valence electrons. The van der Waals surface area contributed by atoms with Gasteiger partial charge in [0.1, 0.15) is 5.82 Å². The van der Waals surface area contributed by atoms with Gasteiger partial charge in [-0.3, -0.25) is 14.9 Å². The van der Waals surface area contributed by atoms with Crippen molar-refractivity contribution in [2.24, 2.45) is 5.41 Å². The third-order valence-corrected chi connectivity index (χ3v) is 11.1. The van der Waals surface area contributed by atoms with Crippen LogP contribution in [0, 0.1) is 12.3 Å². The summed E-state index contributed by atoms with van der Waals surface area (Å²) in [6, 6.07) is 22.8. The van der Waals surface area contributed by atoms with Crippen molar-refractivity contribution in [1.29, 1.82) is 0 Å². The average Bonchev–Trinajstić information content (AvgIpc) is 3.53. The number of carboxylic acid groups (broad SMARTS) is 1. The molecule has 3 heterocycles. The largest absolute Gasteiger partial charge is 0.476 e. The van der Waals surface area contributed by atoms with Crippen molar-refractivity contribution in [3.05, 3.63) is 101 Å². The molecule has 1 aliphatic carbocycles. The molecule has 0 bridgehead atoms. The van der Waals surface area contributed by atoms with Crippen molar-refractivity contribution < 1.29 is 19.5 Å². The molecule has 2 aliphatic rings. The number of hydrogen-bond donors (Lipinski definition) is 2. The molecule has 2 aromatic heterocycles. The quantitative estimate of drug-likeness (QED) is 0.179. The first-order valence-electron chi connectivity index (χ1n) is 16.8. The van der Waals surface area contributed by atoms with Gasteiger partial charge in [-0.05, 0) is 84.8 Å². The highest BCUT2D eigenvalue weighted by atomic mass is 32.1. The van der Waals surface area contributed by atoms with Gasteiger partial charge >= 0.3 is 5.97 Å². The smallest absolute Gasteiger partial charge is 0.355 e. The number of pyridine rings is 1. The lowest BCUT2D eigenvalue weighted by molar-refractivity contribution is -0.128. The predicted octanol–water partition coefficient (Wildman–Crippen LogP) is 8.11. The maximum absolute atomic E-state index is 13.7. The van der Waals surface area contributed by atoms with Crippen LogP contribution in [-0.2, 0) is 17.8 Å². The molecule has 49 heavy (non-hydrogen) atoms. The Morgan fingerprint density at radius 2 is 1.69 bits per heavy atom. The van der Waals surface area contributed by atoms with Gasteiger partial charge in [0.05, 0.1) is 10.2 Å². The number of aromatic carboxylic acids is 1. The van der Waals surface area contributed by atoms with Crippen LogP contribution in [0.3, 0.4) is 0 Å². The molecule has 0 unspecified atom stereocenters. The van der Waals surface area contributed by atoms with E-state index in [0.29, 0.717) is 41.6 Å². The summed E-state index contributed by atoms with van der Waals surface area (Å²) in [5.74, 6) is -0.741. The fraction of sp³-hybridized carbons (Fsp3) is 0.308. The number of nitrogens with one attached hydrogen (secondary N) is 1. The monoisotopic (exact) mass is 673 g/mol. The summed E-state index contributed by atoms with van der Waals surface area (Å²) in [5, 5.41) is 13.9. The first-order chi connectivity index (χ1) is 23.6. The van der Waals surface area contributed by atoms with Crippen LogP contribution in [-0.4, -0.2) is 46.5 Å². The Balaban J connectivity index is 1.16. The van der Waals surface area contributed by atoms with Gasteiger partial charge in [-0.2, -0.15) is 0 Å². The normalized spacial score (nSPS) is 15.4. The summed E-state index contributed by atoms with van der Waals surface area (Å²) in [5.41, 5.74) is 5.72. The minimum absolute atomic E-state index is 0.0568. The standard InChI is InChI=1S/C39H39N5O4S/c1-24-26(12-10-15-31(24)43(3)37(48)39(2)20-7-4-8-21-39)27-17-18-33(41-34(27)36(46)47)44-22-19-25-11-9-13-28(29(25)23-44)35(45)42-38-40-30-14-5-6-16-32(30)49-38/h5-6,9-18H,4,7-8,19-23H2,1-3H3,(H,46,47)(H,40,42,45). The van der Waals surface area contributed by atoms with Gasteiger partial charge in [0.2, 0.25) is 5.91 Å². The van der Waals surface area contributed by atoms with E-state index in [2.05, 4.69) is 22.2 Å². The van der Waals surface area contributed by atoms with E-state index in [0.717, 1.165) is 70.3 Å². The van der Waals surface area contributed by atoms with Crippen LogP contribution in [0.4, 0.5) is 16.6 Å². The van der Waals surface area contributed by atoms with Crippen molar-refractivity contribution in [1.82, 2.24) is 9.97 Å². The number of aromatic nitrogens is 2. The van der Waals surface area contributed by atoms with Crippen molar-refractivity contribution >= 4 is 56.0 Å². The van der Waals surface area contributed by atoms with E-state index in [-0.39, 0.29) is 17.5 Å². The number of para-hydroxylation sites is 1. The van der Waals surface area contributed by atoms with Crippen molar-refractivity contribution in [2.45, 2.75) is 58.9 Å². The van der Waals surface area contributed by atoms with Crippen molar-refractivity contribution in [3.63, 3.8) is 0 Å². The Morgan fingerprint density at radius 1 is 0.918 bits per heavy atom. The fourth-order valence-electron chi connectivity index (χ4n) is 7.42. The van der Waals surface area contributed by atoms with Crippen molar-refractivity contribution in [2.75, 3.05) is 28.7 Å². The molecule has 0 radical (unpaired) electrons. The van der Waals surface area contributed by atoms with Gasteiger partial charge in [0.25, 0.3) is 5.91 Å². The van der Waals surface area contributed by atoms with E-state index in [1.807, 2.05) is 91.7 Å². The molecular formula is C39H39N5O4S. The van der Waals surface area contributed by atoms with Gasteiger partial charge in [-0.1, -0.05) is 73.9 Å². The topological polar surface area (TPSA) is 116 Å². The molecule has 0 saturated heterocycles. The van der Waals surface area contributed by atoms with Crippen molar-refractivity contribution in [3.8, 4) is 11.1 Å². The van der Waals surface area contributed by atoms with Gasteiger partial charge in [-0.15, -0.1) is 0 Å². The Labute approximate surface area is 289 Å². The number of thiazole rings is 1. The number of fused-ring (bicyclic) bond motifs is 2. The number of carbonyl (C=O) groups is 3. The maximum Gasteiger partial charge on any atom is 0.355 e. The highest BCUT2D eigenvalue weighted by Crippen LogP contribution is 2.40. The van der Waals surface area contributed by atoms with Crippen LogP contribution < -0.4 is 15.1 Å². The Bertz CT molecular complexity index is 2070.